The highest BCUT2D eigenvalue weighted by Gasteiger charge is 2.28. The van der Waals surface area contributed by atoms with Crippen LogP contribution in [-0.4, -0.2) is 52.4 Å². The van der Waals surface area contributed by atoms with E-state index in [4.69, 9.17) is 11.6 Å². The van der Waals surface area contributed by atoms with E-state index in [2.05, 4.69) is 30.7 Å². The number of piperazine rings is 1. The van der Waals surface area contributed by atoms with Gasteiger partial charge in [0.1, 0.15) is 5.15 Å². The van der Waals surface area contributed by atoms with Crippen molar-refractivity contribution in [3.8, 4) is 0 Å². The summed E-state index contributed by atoms with van der Waals surface area (Å²) in [5.41, 5.74) is 1.67. The summed E-state index contributed by atoms with van der Waals surface area (Å²) in [6, 6.07) is 3.52. The molecule has 0 N–H and O–H groups in total. The Morgan fingerprint density at radius 2 is 1.86 bits per heavy atom. The number of carbonyl (C=O) groups excluding carboxylic acids is 1. The lowest BCUT2D eigenvalue weighted by Gasteiger charge is -2.42. The first kappa shape index (κ1) is 16.2. The number of rotatable bonds is 2. The molecule has 0 saturated carbocycles. The fourth-order valence-electron chi connectivity index (χ4n) is 2.62. The zero-order valence-corrected chi connectivity index (χ0v) is 14.1. The standard InChI is InChI=1S/C16H24ClN3O/c1-5-13-10-12(11-14(17)18-13)15(21)19-6-8-20(9-7-19)16(2,3)4/h10-11H,5-9H2,1-4H3. The van der Waals surface area contributed by atoms with Crippen LogP contribution in [0.3, 0.4) is 0 Å². The maximum atomic E-state index is 12.6. The second kappa shape index (κ2) is 6.32. The molecule has 1 saturated heterocycles. The van der Waals surface area contributed by atoms with E-state index in [1.165, 1.54) is 0 Å². The molecule has 21 heavy (non-hydrogen) atoms. The second-order valence-corrected chi connectivity index (χ2v) is 6.86. The molecule has 1 aromatic heterocycles. The summed E-state index contributed by atoms with van der Waals surface area (Å²) < 4.78 is 0. The molecule has 116 valence electrons. The number of aromatic nitrogens is 1. The molecule has 1 aliphatic rings. The normalized spacial score (nSPS) is 17.1. The van der Waals surface area contributed by atoms with Gasteiger partial charge in [-0.25, -0.2) is 4.98 Å². The van der Waals surface area contributed by atoms with E-state index in [1.807, 2.05) is 17.9 Å². The van der Waals surface area contributed by atoms with Crippen LogP contribution in [0.25, 0.3) is 0 Å². The van der Waals surface area contributed by atoms with Gasteiger partial charge in [-0.2, -0.15) is 0 Å². The number of carbonyl (C=O) groups is 1. The van der Waals surface area contributed by atoms with E-state index < -0.39 is 0 Å². The van der Waals surface area contributed by atoms with E-state index in [9.17, 15) is 4.79 Å². The summed E-state index contributed by atoms with van der Waals surface area (Å²) >= 11 is 6.00. The molecule has 0 unspecified atom stereocenters. The fourth-order valence-corrected chi connectivity index (χ4v) is 2.84. The van der Waals surface area contributed by atoms with Crippen LogP contribution < -0.4 is 0 Å². The Labute approximate surface area is 132 Å². The Bertz CT molecular complexity index is 517. The van der Waals surface area contributed by atoms with Crippen molar-refractivity contribution in [1.82, 2.24) is 14.8 Å². The molecular weight excluding hydrogens is 286 g/mol. The maximum Gasteiger partial charge on any atom is 0.254 e. The predicted molar refractivity (Wildman–Crippen MR) is 85.9 cm³/mol. The Kier molecular flexibility index (Phi) is 4.89. The highest BCUT2D eigenvalue weighted by Crippen LogP contribution is 2.18. The van der Waals surface area contributed by atoms with Gasteiger partial charge in [-0.1, -0.05) is 18.5 Å². The first-order chi connectivity index (χ1) is 9.81. The summed E-state index contributed by atoms with van der Waals surface area (Å²) in [5, 5.41) is 0.394. The van der Waals surface area contributed by atoms with Gasteiger partial charge in [0, 0.05) is 43.0 Å². The van der Waals surface area contributed by atoms with Crippen molar-refractivity contribution in [3.05, 3.63) is 28.5 Å². The van der Waals surface area contributed by atoms with Crippen LogP contribution in [0, 0.1) is 0 Å². The first-order valence-corrected chi connectivity index (χ1v) is 7.90. The minimum Gasteiger partial charge on any atom is -0.336 e. The Morgan fingerprint density at radius 3 is 2.38 bits per heavy atom. The van der Waals surface area contributed by atoms with Gasteiger partial charge < -0.3 is 4.90 Å². The number of aryl methyl sites for hydroxylation is 1. The highest BCUT2D eigenvalue weighted by molar-refractivity contribution is 6.29. The molecule has 5 heteroatoms. The van der Waals surface area contributed by atoms with Crippen LogP contribution in [0.4, 0.5) is 0 Å². The minimum atomic E-state index is 0.0579. The van der Waals surface area contributed by atoms with Gasteiger partial charge in [-0.3, -0.25) is 9.69 Å². The SMILES string of the molecule is CCc1cc(C(=O)N2CCN(C(C)(C)C)CC2)cc(Cl)n1. The van der Waals surface area contributed by atoms with Crippen molar-refractivity contribution in [3.63, 3.8) is 0 Å². The lowest BCUT2D eigenvalue weighted by atomic mass is 10.0. The summed E-state index contributed by atoms with van der Waals surface area (Å²) in [4.78, 5) is 21.1. The fraction of sp³-hybridized carbons (Fsp3) is 0.625. The third kappa shape index (κ3) is 3.95. The van der Waals surface area contributed by atoms with Crippen molar-refractivity contribution >= 4 is 17.5 Å². The van der Waals surface area contributed by atoms with Crippen molar-refractivity contribution < 1.29 is 4.79 Å². The zero-order valence-electron chi connectivity index (χ0n) is 13.3. The number of hydrogen-bond acceptors (Lipinski definition) is 3. The van der Waals surface area contributed by atoms with Gasteiger partial charge >= 0.3 is 0 Å². The highest BCUT2D eigenvalue weighted by atomic mass is 35.5. The number of amides is 1. The molecule has 2 rings (SSSR count). The molecule has 0 aliphatic carbocycles. The molecule has 1 aromatic rings. The molecule has 0 bridgehead atoms. The van der Waals surface area contributed by atoms with Gasteiger partial charge in [0.15, 0.2) is 0 Å². The number of nitrogens with zero attached hydrogens (tertiary/aromatic N) is 3. The average Bonchev–Trinajstić information content (AvgIpc) is 2.45. The van der Waals surface area contributed by atoms with Gasteiger partial charge in [0.2, 0.25) is 0 Å². The van der Waals surface area contributed by atoms with Crippen LogP contribution in [0.2, 0.25) is 5.15 Å². The van der Waals surface area contributed by atoms with Gasteiger partial charge in [-0.05, 0) is 39.3 Å². The lowest BCUT2D eigenvalue weighted by molar-refractivity contribution is 0.0451. The summed E-state index contributed by atoms with van der Waals surface area (Å²) in [7, 11) is 0. The van der Waals surface area contributed by atoms with Crippen molar-refractivity contribution in [1.29, 1.82) is 0 Å². The van der Waals surface area contributed by atoms with Gasteiger partial charge in [-0.15, -0.1) is 0 Å². The topological polar surface area (TPSA) is 36.4 Å². The van der Waals surface area contributed by atoms with E-state index in [-0.39, 0.29) is 11.4 Å². The molecule has 0 aromatic carbocycles. The predicted octanol–water partition coefficient (Wildman–Crippen LogP) is 2.85. The Balaban J connectivity index is 2.07. The van der Waals surface area contributed by atoms with E-state index in [0.29, 0.717) is 10.7 Å². The van der Waals surface area contributed by atoms with Gasteiger partial charge in [0.05, 0.1) is 0 Å². The average molecular weight is 310 g/mol. The molecule has 4 nitrogen and oxygen atoms in total. The van der Waals surface area contributed by atoms with E-state index >= 15 is 0 Å². The number of hydrogen-bond donors (Lipinski definition) is 0. The molecule has 1 aliphatic heterocycles. The largest absolute Gasteiger partial charge is 0.336 e. The smallest absolute Gasteiger partial charge is 0.254 e. The summed E-state index contributed by atoms with van der Waals surface area (Å²) in [6.45, 7) is 12.0. The molecule has 0 spiro atoms. The first-order valence-electron chi connectivity index (χ1n) is 7.52. The van der Waals surface area contributed by atoms with E-state index in [1.54, 1.807) is 6.07 Å². The monoisotopic (exact) mass is 309 g/mol. The van der Waals surface area contributed by atoms with Crippen LogP contribution in [-0.2, 0) is 6.42 Å². The third-order valence-corrected chi connectivity index (χ3v) is 4.17. The Morgan fingerprint density at radius 1 is 1.24 bits per heavy atom. The quantitative estimate of drug-likeness (QED) is 0.788. The molecule has 1 fully saturated rings. The number of halogens is 1. The van der Waals surface area contributed by atoms with E-state index in [0.717, 1.165) is 38.3 Å². The molecule has 2 heterocycles. The van der Waals surface area contributed by atoms with Crippen LogP contribution in [0.15, 0.2) is 12.1 Å². The molecular formula is C16H24ClN3O. The lowest BCUT2D eigenvalue weighted by Crippen LogP contribution is -2.54. The van der Waals surface area contributed by atoms with Crippen LogP contribution in [0.1, 0.15) is 43.7 Å². The molecule has 0 atom stereocenters. The second-order valence-electron chi connectivity index (χ2n) is 6.47. The van der Waals surface area contributed by atoms with Crippen molar-refractivity contribution in [2.24, 2.45) is 0 Å². The summed E-state index contributed by atoms with van der Waals surface area (Å²) in [5.74, 6) is 0.0579. The van der Waals surface area contributed by atoms with Crippen molar-refractivity contribution in [2.75, 3.05) is 26.2 Å². The molecule has 0 radical (unpaired) electrons. The van der Waals surface area contributed by atoms with Gasteiger partial charge in [0.25, 0.3) is 5.91 Å². The number of pyridine rings is 1. The zero-order chi connectivity index (χ0) is 15.6. The maximum absolute atomic E-state index is 12.6. The van der Waals surface area contributed by atoms with Crippen molar-refractivity contribution in [2.45, 2.75) is 39.7 Å². The molecule has 1 amide bonds. The third-order valence-electron chi connectivity index (χ3n) is 3.97. The Hall–Kier alpha value is -1.13. The van der Waals surface area contributed by atoms with Crippen LogP contribution >= 0.6 is 11.6 Å². The minimum absolute atomic E-state index is 0.0579. The van der Waals surface area contributed by atoms with Crippen LogP contribution in [0.5, 0.6) is 0 Å². The summed E-state index contributed by atoms with van der Waals surface area (Å²) in [6.07, 6.45) is 0.776.